The van der Waals surface area contributed by atoms with Crippen molar-refractivity contribution >= 4 is 35.3 Å². The molecule has 1 unspecified atom stereocenters. The molecule has 1 saturated heterocycles. The number of fused-ring (bicyclic) bond motifs is 1. The summed E-state index contributed by atoms with van der Waals surface area (Å²) in [6.45, 7) is 10.1. The van der Waals surface area contributed by atoms with Gasteiger partial charge in [-0.3, -0.25) is 14.6 Å². The Morgan fingerprint density at radius 1 is 1.19 bits per heavy atom. The average Bonchev–Trinajstić information content (AvgIpc) is 3.23. The summed E-state index contributed by atoms with van der Waals surface area (Å²) >= 11 is 6.10. The predicted octanol–water partition coefficient (Wildman–Crippen LogP) is 2.96. The lowest BCUT2D eigenvalue weighted by molar-refractivity contribution is -0.567. The molecule has 0 bridgehead atoms. The van der Waals surface area contributed by atoms with Crippen molar-refractivity contribution in [2.75, 3.05) is 7.05 Å². The molecule has 0 spiro atoms. The highest BCUT2D eigenvalue weighted by molar-refractivity contribution is 6.30. The van der Waals surface area contributed by atoms with Gasteiger partial charge >= 0.3 is 12.0 Å². The zero-order chi connectivity index (χ0) is 22.6. The van der Waals surface area contributed by atoms with Crippen molar-refractivity contribution in [3.05, 3.63) is 51.8 Å². The van der Waals surface area contributed by atoms with Crippen molar-refractivity contribution in [1.82, 2.24) is 19.6 Å². The maximum absolute atomic E-state index is 13.6. The summed E-state index contributed by atoms with van der Waals surface area (Å²) in [6.07, 6.45) is 0. The van der Waals surface area contributed by atoms with Crippen LogP contribution in [0.2, 0.25) is 5.02 Å². The monoisotopic (exact) mass is 441 g/mol. The molecule has 31 heavy (non-hydrogen) atoms. The van der Waals surface area contributed by atoms with Crippen LogP contribution < -0.4 is 0 Å². The number of nitrogens with zero attached hydrogens (tertiary/aromatic N) is 6. The van der Waals surface area contributed by atoms with Gasteiger partial charge < -0.3 is 0 Å². The van der Waals surface area contributed by atoms with E-state index in [1.54, 1.807) is 29.9 Å². The number of hydrogen-bond donors (Lipinski definition) is 0. The summed E-state index contributed by atoms with van der Waals surface area (Å²) in [5.74, 6) is 0.677. The Morgan fingerprint density at radius 2 is 1.90 bits per heavy atom. The van der Waals surface area contributed by atoms with Gasteiger partial charge in [-0.25, -0.2) is 9.37 Å². The quantitative estimate of drug-likeness (QED) is 0.687. The Bertz CT molecular complexity index is 1160. The third-order valence-electron chi connectivity index (χ3n) is 5.96. The molecule has 3 heterocycles. The first-order valence-corrected chi connectivity index (χ1v) is 10.6. The first-order valence-electron chi connectivity index (χ1n) is 10.2. The lowest BCUT2D eigenvalue weighted by atomic mass is 10.1. The van der Waals surface area contributed by atoms with Gasteiger partial charge in [0.15, 0.2) is 0 Å². The van der Waals surface area contributed by atoms with Crippen LogP contribution in [0, 0.1) is 20.8 Å². The maximum Gasteiger partial charge on any atom is 0.421 e. The van der Waals surface area contributed by atoms with E-state index in [1.165, 1.54) is 9.80 Å². The molecule has 1 aromatic heterocycles. The number of rotatable bonds is 3. The first kappa shape index (κ1) is 21.2. The highest BCUT2D eigenvalue weighted by Crippen LogP contribution is 2.25. The number of aliphatic imine (C=N–C) groups is 1. The molecule has 0 N–H and O–H groups in total. The summed E-state index contributed by atoms with van der Waals surface area (Å²) in [5, 5.41) is 5.20. The summed E-state index contributed by atoms with van der Waals surface area (Å²) < 4.78 is 3.70. The van der Waals surface area contributed by atoms with Crippen molar-refractivity contribution < 1.29 is 14.2 Å². The summed E-state index contributed by atoms with van der Waals surface area (Å²) in [6, 6.07) is 6.04. The normalized spacial score (nSPS) is 19.0. The van der Waals surface area contributed by atoms with Crippen LogP contribution in [-0.2, 0) is 11.3 Å². The molecule has 2 aliphatic heterocycles. The van der Waals surface area contributed by atoms with Crippen molar-refractivity contribution in [2.45, 2.75) is 53.2 Å². The van der Waals surface area contributed by atoms with Gasteiger partial charge in [-0.05, 0) is 52.3 Å². The number of benzene rings is 1. The SMILES string of the molecule is Cc1nn(C2=[N+](C(C)C)C3C(=O)N(Cc4cccc(Cl)c4)C(=O)N(C)C3=N2)c(C)c1C. The summed E-state index contributed by atoms with van der Waals surface area (Å²) in [4.78, 5) is 34.1. The molecule has 1 aromatic carbocycles. The first-order chi connectivity index (χ1) is 14.6. The van der Waals surface area contributed by atoms with Crippen LogP contribution in [0.3, 0.4) is 0 Å². The van der Waals surface area contributed by atoms with Crippen LogP contribution >= 0.6 is 11.6 Å². The van der Waals surface area contributed by atoms with Crippen LogP contribution in [0.15, 0.2) is 29.3 Å². The number of aromatic nitrogens is 2. The lowest BCUT2D eigenvalue weighted by Crippen LogP contribution is -2.63. The molecule has 1 fully saturated rings. The van der Waals surface area contributed by atoms with E-state index in [9.17, 15) is 9.59 Å². The molecule has 9 heteroatoms. The highest BCUT2D eigenvalue weighted by Gasteiger charge is 2.53. The highest BCUT2D eigenvalue weighted by atomic mass is 35.5. The fourth-order valence-corrected chi connectivity index (χ4v) is 4.25. The van der Waals surface area contributed by atoms with Gasteiger partial charge in [0, 0.05) is 17.6 Å². The number of amidine groups is 1. The molecule has 162 valence electrons. The van der Waals surface area contributed by atoms with Crippen molar-refractivity contribution in [3.63, 3.8) is 0 Å². The van der Waals surface area contributed by atoms with Gasteiger partial charge in [0.2, 0.25) is 11.9 Å². The topological polar surface area (TPSA) is 73.8 Å². The van der Waals surface area contributed by atoms with Crippen molar-refractivity contribution in [2.24, 2.45) is 4.99 Å². The van der Waals surface area contributed by atoms with Crippen LogP contribution in [0.5, 0.6) is 0 Å². The van der Waals surface area contributed by atoms with E-state index in [4.69, 9.17) is 16.6 Å². The van der Waals surface area contributed by atoms with E-state index in [-0.39, 0.29) is 18.5 Å². The average molecular weight is 442 g/mol. The number of amides is 3. The number of urea groups is 1. The second-order valence-electron chi connectivity index (χ2n) is 8.28. The van der Waals surface area contributed by atoms with Crippen molar-refractivity contribution in [1.29, 1.82) is 0 Å². The van der Waals surface area contributed by atoms with Gasteiger partial charge in [-0.15, -0.1) is 9.78 Å². The van der Waals surface area contributed by atoms with Gasteiger partial charge in [0.1, 0.15) is 5.69 Å². The van der Waals surface area contributed by atoms with Crippen molar-refractivity contribution in [3.8, 4) is 0 Å². The van der Waals surface area contributed by atoms with E-state index < -0.39 is 12.1 Å². The van der Waals surface area contributed by atoms with E-state index >= 15 is 0 Å². The largest absolute Gasteiger partial charge is 0.421 e. The number of carbonyl (C=O) groups is 2. The number of carbonyl (C=O) groups excluding carboxylic acids is 2. The second kappa shape index (κ2) is 7.60. The van der Waals surface area contributed by atoms with E-state index in [0.717, 1.165) is 22.5 Å². The minimum Gasteiger partial charge on any atom is -0.270 e. The molecule has 1 atom stereocenters. The molecule has 2 aromatic rings. The molecule has 4 rings (SSSR count). The minimum absolute atomic E-state index is 0.0379. The Morgan fingerprint density at radius 3 is 2.48 bits per heavy atom. The van der Waals surface area contributed by atoms with Crippen LogP contribution in [-0.4, -0.2) is 67.0 Å². The third kappa shape index (κ3) is 3.35. The smallest absolute Gasteiger partial charge is 0.270 e. The van der Waals surface area contributed by atoms with Crippen LogP contribution in [0.1, 0.15) is 36.4 Å². The fraction of sp³-hybridized carbons (Fsp3) is 0.409. The van der Waals surface area contributed by atoms with Crippen LogP contribution in [0.4, 0.5) is 4.79 Å². The van der Waals surface area contributed by atoms with Gasteiger partial charge in [0.05, 0.1) is 18.3 Å². The van der Waals surface area contributed by atoms with E-state index in [1.807, 2.05) is 45.3 Å². The Balaban J connectivity index is 1.80. The zero-order valence-electron chi connectivity index (χ0n) is 18.5. The predicted molar refractivity (Wildman–Crippen MR) is 119 cm³/mol. The number of halogens is 1. The molecular weight excluding hydrogens is 416 g/mol. The summed E-state index contributed by atoms with van der Waals surface area (Å²) in [7, 11) is 1.65. The Hall–Kier alpha value is -3.00. The van der Waals surface area contributed by atoms with E-state index in [2.05, 4.69) is 5.10 Å². The minimum atomic E-state index is -0.693. The molecule has 2 aliphatic rings. The fourth-order valence-electron chi connectivity index (χ4n) is 4.03. The van der Waals surface area contributed by atoms with Gasteiger partial charge in [-0.2, -0.15) is 0 Å². The van der Waals surface area contributed by atoms with Gasteiger partial charge in [0.25, 0.3) is 5.91 Å². The van der Waals surface area contributed by atoms with Gasteiger partial charge in [-0.1, -0.05) is 28.7 Å². The molecular formula is C22H26ClN6O2+. The molecule has 0 saturated carbocycles. The Kier molecular flexibility index (Phi) is 5.21. The number of likely N-dealkylation sites (N-methyl/N-ethyl adjacent to an activating group) is 1. The number of hydrogen-bond acceptors (Lipinski definition) is 4. The third-order valence-corrected chi connectivity index (χ3v) is 6.19. The molecule has 0 radical (unpaired) electrons. The molecule has 0 aliphatic carbocycles. The Labute approximate surface area is 186 Å². The maximum atomic E-state index is 13.6. The number of imide groups is 1. The molecule has 8 nitrogen and oxygen atoms in total. The molecule has 3 amide bonds. The second-order valence-corrected chi connectivity index (χ2v) is 8.71. The summed E-state index contributed by atoms with van der Waals surface area (Å²) in [5.41, 5.74) is 3.72. The zero-order valence-corrected chi connectivity index (χ0v) is 19.3. The standard InChI is InChI=1S/C22H26ClN6O2/c1-12(2)28-18-19(24-21(28)29-15(5)13(3)14(4)25-29)26(6)22(31)27(20(18)30)11-16-8-7-9-17(23)10-16/h7-10,12,18H,11H2,1-6H3/q+1. The van der Waals surface area contributed by atoms with Crippen LogP contribution in [0.25, 0.3) is 0 Å². The number of aryl methyl sites for hydroxylation is 1. The van der Waals surface area contributed by atoms with E-state index in [0.29, 0.717) is 16.8 Å². The lowest BCUT2D eigenvalue weighted by Gasteiger charge is -2.34.